The fraction of sp³-hybridized carbons (Fsp3) is 0.867. The van der Waals surface area contributed by atoms with Crippen molar-refractivity contribution in [1.29, 1.82) is 0 Å². The molecule has 2 amide bonds. The first kappa shape index (κ1) is 14.8. The molecule has 2 heterocycles. The minimum Gasteiger partial charge on any atom is -0.339 e. The molecule has 1 saturated carbocycles. The zero-order valence-electron chi connectivity index (χ0n) is 12.6. The highest BCUT2D eigenvalue weighted by Gasteiger charge is 2.42. The number of carbonyl (C=O) groups is 2. The normalized spacial score (nSPS) is 29.8. The van der Waals surface area contributed by atoms with Gasteiger partial charge in [-0.2, -0.15) is 0 Å². The zero-order valence-corrected chi connectivity index (χ0v) is 12.6. The first-order valence-electron chi connectivity index (χ1n) is 8.19. The van der Waals surface area contributed by atoms with Crippen LogP contribution in [0.5, 0.6) is 0 Å². The Bertz CT molecular complexity index is 420. The Labute approximate surface area is 126 Å². The Kier molecular flexibility index (Phi) is 4.17. The Morgan fingerprint density at radius 1 is 1.24 bits per heavy atom. The molecular weight excluding hydrogens is 268 g/mol. The van der Waals surface area contributed by atoms with Crippen LogP contribution in [-0.2, 0) is 9.59 Å². The van der Waals surface area contributed by atoms with Crippen LogP contribution in [0, 0.1) is 0 Å². The van der Waals surface area contributed by atoms with Crippen LogP contribution in [0.2, 0.25) is 0 Å². The van der Waals surface area contributed by atoms with Crippen molar-refractivity contribution >= 4 is 11.8 Å². The van der Waals surface area contributed by atoms with Gasteiger partial charge in [0.1, 0.15) is 0 Å². The number of hydrogen-bond donors (Lipinski definition) is 2. The van der Waals surface area contributed by atoms with E-state index in [9.17, 15) is 9.59 Å². The number of hydrogen-bond acceptors (Lipinski definition) is 4. The summed E-state index contributed by atoms with van der Waals surface area (Å²) in [4.78, 5) is 28.6. The third kappa shape index (κ3) is 2.92. The molecule has 2 aliphatic heterocycles. The van der Waals surface area contributed by atoms with Crippen molar-refractivity contribution in [3.8, 4) is 0 Å². The molecular formula is C15H26N4O2. The second-order valence-electron chi connectivity index (χ2n) is 6.67. The van der Waals surface area contributed by atoms with Crippen molar-refractivity contribution in [2.24, 2.45) is 5.73 Å². The maximum atomic E-state index is 12.7. The maximum absolute atomic E-state index is 12.7. The maximum Gasteiger partial charge on any atom is 0.242 e. The monoisotopic (exact) mass is 294 g/mol. The van der Waals surface area contributed by atoms with Crippen LogP contribution in [0.15, 0.2) is 0 Å². The van der Waals surface area contributed by atoms with Crippen LogP contribution in [0.1, 0.15) is 38.5 Å². The standard InChI is InChI=1S/C15H26N4O2/c16-15(5-1-2-6-15)14(21)18-8-3-4-12(11-18)19-9-7-17-10-13(19)20/h12,17H,1-11,16H2/t12-/m0/s1. The van der Waals surface area contributed by atoms with Crippen molar-refractivity contribution in [2.75, 3.05) is 32.7 Å². The summed E-state index contributed by atoms with van der Waals surface area (Å²) in [6.07, 6.45) is 5.67. The number of nitrogens with two attached hydrogens (primary N) is 1. The number of rotatable bonds is 2. The lowest BCUT2D eigenvalue weighted by Gasteiger charge is -2.43. The third-order valence-corrected chi connectivity index (χ3v) is 5.17. The molecule has 0 unspecified atom stereocenters. The van der Waals surface area contributed by atoms with Crippen LogP contribution in [-0.4, -0.2) is 65.9 Å². The SMILES string of the molecule is NC1(C(=O)N2CCC[C@H](N3CCNCC3=O)C2)CCCC1. The minimum absolute atomic E-state index is 0.104. The molecule has 3 rings (SSSR count). The fourth-order valence-corrected chi connectivity index (χ4v) is 3.94. The number of nitrogens with zero attached hydrogens (tertiary/aromatic N) is 2. The summed E-state index contributed by atoms with van der Waals surface area (Å²) in [5.41, 5.74) is 5.66. The van der Waals surface area contributed by atoms with Crippen LogP contribution in [0.4, 0.5) is 0 Å². The molecule has 6 nitrogen and oxygen atoms in total. The van der Waals surface area contributed by atoms with Gasteiger partial charge >= 0.3 is 0 Å². The van der Waals surface area contributed by atoms with E-state index in [4.69, 9.17) is 5.73 Å². The molecule has 118 valence electrons. The van der Waals surface area contributed by atoms with E-state index < -0.39 is 5.54 Å². The third-order valence-electron chi connectivity index (χ3n) is 5.17. The number of piperidine rings is 1. The molecule has 3 aliphatic rings. The molecule has 0 bridgehead atoms. The van der Waals surface area contributed by atoms with Gasteiger partial charge in [-0.1, -0.05) is 12.8 Å². The highest BCUT2D eigenvalue weighted by Crippen LogP contribution is 2.30. The lowest BCUT2D eigenvalue weighted by molar-refractivity contribution is -0.143. The first-order chi connectivity index (χ1) is 10.1. The second-order valence-corrected chi connectivity index (χ2v) is 6.67. The zero-order chi connectivity index (χ0) is 14.9. The van der Waals surface area contributed by atoms with Crippen molar-refractivity contribution < 1.29 is 9.59 Å². The summed E-state index contributed by atoms with van der Waals surface area (Å²) >= 11 is 0. The van der Waals surface area contributed by atoms with Crippen LogP contribution in [0.25, 0.3) is 0 Å². The summed E-state index contributed by atoms with van der Waals surface area (Å²) in [6.45, 7) is 3.46. The topological polar surface area (TPSA) is 78.7 Å². The number of piperazine rings is 1. The Morgan fingerprint density at radius 3 is 2.71 bits per heavy atom. The first-order valence-corrected chi connectivity index (χ1v) is 8.19. The summed E-state index contributed by atoms with van der Waals surface area (Å²) in [5, 5.41) is 3.10. The Balaban J connectivity index is 1.65. The van der Waals surface area contributed by atoms with Gasteiger partial charge in [-0.3, -0.25) is 9.59 Å². The molecule has 0 aromatic carbocycles. The van der Waals surface area contributed by atoms with E-state index in [0.29, 0.717) is 13.1 Å². The van der Waals surface area contributed by atoms with Gasteiger partial charge in [0, 0.05) is 32.2 Å². The van der Waals surface area contributed by atoms with Crippen molar-refractivity contribution in [2.45, 2.75) is 50.1 Å². The van der Waals surface area contributed by atoms with E-state index in [0.717, 1.165) is 58.2 Å². The predicted molar refractivity (Wildman–Crippen MR) is 79.6 cm³/mol. The molecule has 6 heteroatoms. The van der Waals surface area contributed by atoms with Crippen molar-refractivity contribution in [3.05, 3.63) is 0 Å². The molecule has 2 saturated heterocycles. The molecule has 3 fully saturated rings. The average molecular weight is 294 g/mol. The number of nitrogens with one attached hydrogen (secondary N) is 1. The summed E-state index contributed by atoms with van der Waals surface area (Å²) in [5.74, 6) is 0.260. The van der Waals surface area contributed by atoms with Gasteiger partial charge in [-0.05, 0) is 25.7 Å². The van der Waals surface area contributed by atoms with Gasteiger partial charge < -0.3 is 20.9 Å². The van der Waals surface area contributed by atoms with E-state index >= 15 is 0 Å². The molecule has 3 N–H and O–H groups in total. The lowest BCUT2D eigenvalue weighted by atomic mass is 9.94. The highest BCUT2D eigenvalue weighted by molar-refractivity contribution is 5.86. The summed E-state index contributed by atoms with van der Waals surface area (Å²) in [6, 6.07) is 0.169. The van der Waals surface area contributed by atoms with E-state index in [-0.39, 0.29) is 17.9 Å². The second kappa shape index (κ2) is 5.93. The van der Waals surface area contributed by atoms with Gasteiger partial charge in [0.2, 0.25) is 11.8 Å². The van der Waals surface area contributed by atoms with Crippen LogP contribution in [0.3, 0.4) is 0 Å². The van der Waals surface area contributed by atoms with Gasteiger partial charge in [0.25, 0.3) is 0 Å². The largest absolute Gasteiger partial charge is 0.339 e. The van der Waals surface area contributed by atoms with Crippen molar-refractivity contribution in [3.63, 3.8) is 0 Å². The smallest absolute Gasteiger partial charge is 0.242 e. The van der Waals surface area contributed by atoms with E-state index in [1.54, 1.807) is 0 Å². The van der Waals surface area contributed by atoms with E-state index in [1.807, 2.05) is 9.80 Å². The summed E-state index contributed by atoms with van der Waals surface area (Å²) < 4.78 is 0. The van der Waals surface area contributed by atoms with Gasteiger partial charge in [-0.15, -0.1) is 0 Å². The lowest BCUT2D eigenvalue weighted by Crippen LogP contribution is -2.61. The average Bonchev–Trinajstić information content (AvgIpc) is 2.95. The van der Waals surface area contributed by atoms with Gasteiger partial charge in [-0.25, -0.2) is 0 Å². The fourth-order valence-electron chi connectivity index (χ4n) is 3.94. The van der Waals surface area contributed by atoms with Gasteiger partial charge in [0.15, 0.2) is 0 Å². The van der Waals surface area contributed by atoms with Crippen LogP contribution >= 0.6 is 0 Å². The van der Waals surface area contributed by atoms with Crippen LogP contribution < -0.4 is 11.1 Å². The highest BCUT2D eigenvalue weighted by atomic mass is 16.2. The van der Waals surface area contributed by atoms with Crippen molar-refractivity contribution in [1.82, 2.24) is 15.1 Å². The molecule has 1 atom stereocenters. The number of carbonyl (C=O) groups excluding carboxylic acids is 2. The molecule has 0 aromatic heterocycles. The number of amides is 2. The molecule has 0 radical (unpaired) electrons. The molecule has 0 aromatic rings. The molecule has 21 heavy (non-hydrogen) atoms. The Morgan fingerprint density at radius 2 is 2.00 bits per heavy atom. The molecule has 1 aliphatic carbocycles. The number of likely N-dealkylation sites (tertiary alicyclic amines) is 1. The van der Waals surface area contributed by atoms with E-state index in [1.165, 1.54) is 0 Å². The minimum atomic E-state index is -0.643. The predicted octanol–water partition coefficient (Wildman–Crippen LogP) is -0.319. The quantitative estimate of drug-likeness (QED) is 0.732. The summed E-state index contributed by atoms with van der Waals surface area (Å²) in [7, 11) is 0. The molecule has 0 spiro atoms. The van der Waals surface area contributed by atoms with Gasteiger partial charge in [0.05, 0.1) is 12.1 Å². The van der Waals surface area contributed by atoms with E-state index in [2.05, 4.69) is 5.32 Å². The Hall–Kier alpha value is -1.14.